The lowest BCUT2D eigenvalue weighted by Crippen LogP contribution is -2.15. The van der Waals surface area contributed by atoms with E-state index in [1.54, 1.807) is 19.1 Å². The van der Waals surface area contributed by atoms with Crippen LogP contribution >= 0.6 is 0 Å². The second kappa shape index (κ2) is 2.88. The van der Waals surface area contributed by atoms with E-state index >= 15 is 0 Å². The molecule has 0 saturated heterocycles. The fourth-order valence-electron chi connectivity index (χ4n) is 0.873. The molecule has 0 saturated carbocycles. The van der Waals surface area contributed by atoms with Crippen molar-refractivity contribution in [2.45, 2.75) is 20.0 Å². The summed E-state index contributed by atoms with van der Waals surface area (Å²) in [4.78, 5) is 10.7. The molecule has 1 atom stereocenters. The van der Waals surface area contributed by atoms with Gasteiger partial charge in [-0.25, -0.2) is 4.79 Å². The highest BCUT2D eigenvalue weighted by Gasteiger charge is 2.29. The van der Waals surface area contributed by atoms with E-state index in [9.17, 15) is 4.79 Å². The fourth-order valence-corrected chi connectivity index (χ4v) is 0.873. The molecule has 3 heteroatoms. The van der Waals surface area contributed by atoms with Crippen LogP contribution in [0.2, 0.25) is 0 Å². The molecule has 1 N–H and O–H groups in total. The van der Waals surface area contributed by atoms with E-state index in [-0.39, 0.29) is 0 Å². The maximum atomic E-state index is 10.7. The molecule has 11 heavy (non-hydrogen) atoms. The van der Waals surface area contributed by atoms with Crippen molar-refractivity contribution in [2.24, 2.45) is 0 Å². The van der Waals surface area contributed by atoms with Gasteiger partial charge in [0.05, 0.1) is 0 Å². The van der Waals surface area contributed by atoms with Gasteiger partial charge < -0.3 is 9.84 Å². The van der Waals surface area contributed by atoms with E-state index in [0.29, 0.717) is 11.3 Å². The monoisotopic (exact) mass is 154 g/mol. The molecule has 0 aromatic rings. The lowest BCUT2D eigenvalue weighted by Gasteiger charge is -1.93. The minimum atomic E-state index is -1.07. The minimum absolute atomic E-state index is 0.463. The van der Waals surface area contributed by atoms with Crippen LogP contribution < -0.4 is 0 Å². The van der Waals surface area contributed by atoms with Crippen LogP contribution in [0.5, 0.6) is 0 Å². The molecule has 0 aromatic carbocycles. The highest BCUT2D eigenvalue weighted by molar-refractivity contribution is 5.82. The van der Waals surface area contributed by atoms with Gasteiger partial charge in [-0.2, -0.15) is 0 Å². The highest BCUT2D eigenvalue weighted by atomic mass is 16.6. The van der Waals surface area contributed by atoms with Crippen molar-refractivity contribution in [3.05, 3.63) is 23.5 Å². The minimum Gasteiger partial charge on any atom is -0.424 e. The molecule has 1 aliphatic rings. The van der Waals surface area contributed by atoms with Crippen LogP contribution in [0.1, 0.15) is 13.8 Å². The van der Waals surface area contributed by atoms with Gasteiger partial charge >= 0.3 is 5.97 Å². The van der Waals surface area contributed by atoms with Gasteiger partial charge in [-0.15, -0.1) is 0 Å². The van der Waals surface area contributed by atoms with E-state index < -0.39 is 12.1 Å². The van der Waals surface area contributed by atoms with Crippen LogP contribution in [0.15, 0.2) is 23.5 Å². The normalized spacial score (nSPS) is 25.0. The van der Waals surface area contributed by atoms with Gasteiger partial charge in [0.2, 0.25) is 0 Å². The Morgan fingerprint density at radius 1 is 1.64 bits per heavy atom. The first-order chi connectivity index (χ1) is 5.16. The molecule has 0 fully saturated rings. The summed E-state index contributed by atoms with van der Waals surface area (Å²) < 4.78 is 4.73. The zero-order valence-electron chi connectivity index (χ0n) is 6.50. The summed E-state index contributed by atoms with van der Waals surface area (Å²) in [6, 6.07) is 0. The van der Waals surface area contributed by atoms with E-state index in [1.807, 2.05) is 6.92 Å². The molecule has 0 radical (unpaired) electrons. The van der Waals surface area contributed by atoms with Gasteiger partial charge in [0.1, 0.15) is 5.76 Å². The Labute approximate surface area is 65.0 Å². The largest absolute Gasteiger partial charge is 0.424 e. The molecular formula is C8H10O3. The molecule has 0 bridgehead atoms. The average molecular weight is 154 g/mol. The molecular weight excluding hydrogens is 144 g/mol. The van der Waals surface area contributed by atoms with Gasteiger partial charge in [-0.05, 0) is 19.9 Å². The van der Waals surface area contributed by atoms with Crippen LogP contribution in [0.3, 0.4) is 0 Å². The number of hydrogen-bond donors (Lipinski definition) is 1. The van der Waals surface area contributed by atoms with E-state index in [4.69, 9.17) is 9.84 Å². The predicted octanol–water partition coefficient (Wildman–Crippen LogP) is 0.754. The van der Waals surface area contributed by atoms with Gasteiger partial charge in [0, 0.05) is 5.57 Å². The van der Waals surface area contributed by atoms with Crippen LogP contribution in [0.4, 0.5) is 0 Å². The molecule has 0 amide bonds. The maximum Gasteiger partial charge on any atom is 0.344 e. The number of allylic oxidation sites excluding steroid dienone is 2. The van der Waals surface area contributed by atoms with Gasteiger partial charge in [-0.3, -0.25) is 0 Å². The molecule has 0 spiro atoms. The Bertz CT molecular complexity index is 238. The van der Waals surface area contributed by atoms with Crippen molar-refractivity contribution >= 4 is 5.97 Å². The lowest BCUT2D eigenvalue weighted by molar-refractivity contribution is -0.143. The summed E-state index contributed by atoms with van der Waals surface area (Å²) in [6.07, 6.45) is 2.34. The molecule has 1 aliphatic heterocycles. The van der Waals surface area contributed by atoms with Crippen LogP contribution in [-0.2, 0) is 9.53 Å². The molecule has 1 rings (SSSR count). The van der Waals surface area contributed by atoms with Crippen LogP contribution in [-0.4, -0.2) is 17.2 Å². The van der Waals surface area contributed by atoms with Crippen LogP contribution in [0, 0.1) is 0 Å². The summed E-state index contributed by atoms with van der Waals surface area (Å²) in [5.41, 5.74) is 0.577. The zero-order valence-corrected chi connectivity index (χ0v) is 6.50. The molecule has 1 heterocycles. The van der Waals surface area contributed by atoms with Gasteiger partial charge in [0.15, 0.2) is 6.10 Å². The SMILES string of the molecule is CC=CC1=C(C)C(O)C(=O)O1. The molecule has 1 unspecified atom stereocenters. The van der Waals surface area contributed by atoms with E-state index in [2.05, 4.69) is 0 Å². The average Bonchev–Trinajstić information content (AvgIpc) is 2.19. The molecule has 0 aromatic heterocycles. The Hall–Kier alpha value is -1.09. The molecule has 3 nitrogen and oxygen atoms in total. The van der Waals surface area contributed by atoms with Crippen molar-refractivity contribution in [1.29, 1.82) is 0 Å². The van der Waals surface area contributed by atoms with Crippen molar-refractivity contribution in [2.75, 3.05) is 0 Å². The third-order valence-electron chi connectivity index (χ3n) is 1.55. The lowest BCUT2D eigenvalue weighted by atomic mass is 10.2. The van der Waals surface area contributed by atoms with E-state index in [0.717, 1.165) is 0 Å². The Kier molecular flexibility index (Phi) is 2.10. The summed E-state index contributed by atoms with van der Waals surface area (Å²) in [7, 11) is 0. The predicted molar refractivity (Wildman–Crippen MR) is 39.6 cm³/mol. The number of carbonyl (C=O) groups excluding carboxylic acids is 1. The highest BCUT2D eigenvalue weighted by Crippen LogP contribution is 2.20. The number of hydrogen-bond acceptors (Lipinski definition) is 3. The third-order valence-corrected chi connectivity index (χ3v) is 1.55. The number of rotatable bonds is 1. The first-order valence-electron chi connectivity index (χ1n) is 3.40. The number of cyclic esters (lactones) is 1. The summed E-state index contributed by atoms with van der Waals surface area (Å²) in [6.45, 7) is 3.49. The second-order valence-corrected chi connectivity index (χ2v) is 2.37. The Balaban J connectivity index is 2.88. The standard InChI is InChI=1S/C8H10O3/c1-3-4-6-5(2)7(9)8(10)11-6/h3-4,7,9H,1-2H3. The van der Waals surface area contributed by atoms with Crippen molar-refractivity contribution in [1.82, 2.24) is 0 Å². The van der Waals surface area contributed by atoms with Gasteiger partial charge in [-0.1, -0.05) is 6.08 Å². The van der Waals surface area contributed by atoms with E-state index in [1.165, 1.54) is 0 Å². The van der Waals surface area contributed by atoms with Crippen LogP contribution in [0.25, 0.3) is 0 Å². The summed E-state index contributed by atoms with van der Waals surface area (Å²) in [5, 5.41) is 9.10. The summed E-state index contributed by atoms with van der Waals surface area (Å²) >= 11 is 0. The number of carbonyl (C=O) groups is 1. The smallest absolute Gasteiger partial charge is 0.344 e. The summed E-state index contributed by atoms with van der Waals surface area (Å²) in [5.74, 6) is -0.124. The first-order valence-corrected chi connectivity index (χ1v) is 3.40. The van der Waals surface area contributed by atoms with Crippen molar-refractivity contribution in [3.63, 3.8) is 0 Å². The second-order valence-electron chi connectivity index (χ2n) is 2.37. The number of aliphatic hydroxyl groups excluding tert-OH is 1. The topological polar surface area (TPSA) is 46.5 Å². The molecule has 0 aliphatic carbocycles. The Morgan fingerprint density at radius 2 is 2.27 bits per heavy atom. The van der Waals surface area contributed by atoms with Crippen molar-refractivity contribution in [3.8, 4) is 0 Å². The zero-order chi connectivity index (χ0) is 8.43. The number of aliphatic hydroxyl groups is 1. The first kappa shape index (κ1) is 8.01. The number of ether oxygens (including phenoxy) is 1. The third kappa shape index (κ3) is 1.33. The maximum absolute atomic E-state index is 10.7. The molecule has 60 valence electrons. The quantitative estimate of drug-likeness (QED) is 0.567. The Morgan fingerprint density at radius 3 is 2.64 bits per heavy atom. The van der Waals surface area contributed by atoms with Gasteiger partial charge in [0.25, 0.3) is 0 Å². The fraction of sp³-hybridized carbons (Fsp3) is 0.375. The number of esters is 1. The van der Waals surface area contributed by atoms with Crippen molar-refractivity contribution < 1.29 is 14.6 Å².